The molecule has 2 rings (SSSR count). The molecule has 1 aromatic carbocycles. The summed E-state index contributed by atoms with van der Waals surface area (Å²) in [5, 5.41) is 0. The molecule has 22 heavy (non-hydrogen) atoms. The summed E-state index contributed by atoms with van der Waals surface area (Å²) in [4.78, 5) is 13.7. The molecule has 1 heterocycles. The van der Waals surface area contributed by atoms with E-state index in [1.807, 2.05) is 56.3 Å². The molecule has 0 aliphatic rings. The maximum Gasteiger partial charge on any atom is 0.164 e. The van der Waals surface area contributed by atoms with Gasteiger partial charge in [-0.25, -0.2) is 15.0 Å². The lowest BCUT2D eigenvalue weighted by Crippen LogP contribution is -2.03. The van der Waals surface area contributed by atoms with Crippen LogP contribution in [0.15, 0.2) is 67.8 Å². The van der Waals surface area contributed by atoms with Crippen LogP contribution in [0.25, 0.3) is 22.5 Å². The number of rotatable bonds is 5. The highest BCUT2D eigenvalue weighted by Crippen LogP contribution is 2.20. The summed E-state index contributed by atoms with van der Waals surface area (Å²) >= 11 is 0. The molecule has 3 nitrogen and oxygen atoms in total. The van der Waals surface area contributed by atoms with Crippen molar-refractivity contribution in [1.82, 2.24) is 15.0 Å². The first-order valence-electron chi connectivity index (χ1n) is 7.06. The van der Waals surface area contributed by atoms with Gasteiger partial charge in [0.05, 0.1) is 0 Å². The second-order valence-corrected chi connectivity index (χ2v) is 4.84. The van der Waals surface area contributed by atoms with Gasteiger partial charge in [0.15, 0.2) is 17.5 Å². The summed E-state index contributed by atoms with van der Waals surface area (Å²) < 4.78 is 0. The summed E-state index contributed by atoms with van der Waals surface area (Å²) in [6.45, 7) is 11.4. The van der Waals surface area contributed by atoms with Crippen LogP contribution in [0.4, 0.5) is 0 Å². The SMILES string of the molecule is C=C/C=C(\C)c1nc(/C(C)=C/C=C)nc(-c2ccccc2)n1. The van der Waals surface area contributed by atoms with Crippen LogP contribution in [-0.2, 0) is 0 Å². The molecular formula is C19H19N3. The van der Waals surface area contributed by atoms with Crippen molar-refractivity contribution in [2.24, 2.45) is 0 Å². The Morgan fingerprint density at radius 1 is 0.818 bits per heavy atom. The first-order chi connectivity index (χ1) is 10.7. The van der Waals surface area contributed by atoms with Gasteiger partial charge in [-0.05, 0) is 25.0 Å². The minimum absolute atomic E-state index is 0.653. The van der Waals surface area contributed by atoms with Crippen LogP contribution < -0.4 is 0 Å². The fourth-order valence-corrected chi connectivity index (χ4v) is 1.95. The maximum atomic E-state index is 4.57. The summed E-state index contributed by atoms with van der Waals surface area (Å²) in [6, 6.07) is 9.89. The second kappa shape index (κ2) is 7.27. The third-order valence-electron chi connectivity index (χ3n) is 3.11. The minimum Gasteiger partial charge on any atom is -0.209 e. The van der Waals surface area contributed by atoms with E-state index in [0.717, 1.165) is 16.7 Å². The van der Waals surface area contributed by atoms with E-state index >= 15 is 0 Å². The lowest BCUT2D eigenvalue weighted by atomic mass is 10.2. The van der Waals surface area contributed by atoms with Crippen molar-refractivity contribution in [2.45, 2.75) is 13.8 Å². The van der Waals surface area contributed by atoms with Gasteiger partial charge in [-0.2, -0.15) is 0 Å². The zero-order valence-electron chi connectivity index (χ0n) is 13.0. The zero-order valence-corrected chi connectivity index (χ0v) is 13.0. The molecule has 110 valence electrons. The summed E-state index contributed by atoms with van der Waals surface area (Å²) in [5.41, 5.74) is 2.86. The van der Waals surface area contributed by atoms with Crippen LogP contribution in [0, 0.1) is 0 Å². The molecule has 2 aromatic rings. The van der Waals surface area contributed by atoms with E-state index in [9.17, 15) is 0 Å². The van der Waals surface area contributed by atoms with Crippen LogP contribution in [0.1, 0.15) is 25.5 Å². The number of allylic oxidation sites excluding steroid dienone is 6. The Balaban J connectivity index is 2.64. The Morgan fingerprint density at radius 2 is 1.32 bits per heavy atom. The van der Waals surface area contributed by atoms with Crippen molar-refractivity contribution in [2.75, 3.05) is 0 Å². The Bertz CT molecular complexity index is 698. The van der Waals surface area contributed by atoms with Crippen LogP contribution in [0.5, 0.6) is 0 Å². The molecule has 0 saturated heterocycles. The summed E-state index contributed by atoms with van der Waals surface area (Å²) in [6.07, 6.45) is 7.24. The van der Waals surface area contributed by atoms with Crippen molar-refractivity contribution in [3.8, 4) is 11.4 Å². The van der Waals surface area contributed by atoms with Crippen LogP contribution in [-0.4, -0.2) is 15.0 Å². The first-order valence-corrected chi connectivity index (χ1v) is 7.06. The van der Waals surface area contributed by atoms with Gasteiger partial charge in [-0.3, -0.25) is 0 Å². The predicted octanol–water partition coefficient (Wildman–Crippen LogP) is 4.72. The van der Waals surface area contributed by atoms with Crippen molar-refractivity contribution in [1.29, 1.82) is 0 Å². The van der Waals surface area contributed by atoms with Gasteiger partial charge >= 0.3 is 0 Å². The van der Waals surface area contributed by atoms with Gasteiger partial charge in [-0.1, -0.05) is 67.8 Å². The van der Waals surface area contributed by atoms with E-state index in [1.54, 1.807) is 12.2 Å². The second-order valence-electron chi connectivity index (χ2n) is 4.84. The fourth-order valence-electron chi connectivity index (χ4n) is 1.95. The third-order valence-corrected chi connectivity index (χ3v) is 3.11. The zero-order chi connectivity index (χ0) is 15.9. The maximum absolute atomic E-state index is 4.57. The monoisotopic (exact) mass is 289 g/mol. The van der Waals surface area contributed by atoms with E-state index in [2.05, 4.69) is 28.1 Å². The van der Waals surface area contributed by atoms with Crippen molar-refractivity contribution in [3.05, 3.63) is 79.4 Å². The van der Waals surface area contributed by atoms with Gasteiger partial charge in [0.25, 0.3) is 0 Å². The van der Waals surface area contributed by atoms with E-state index in [-0.39, 0.29) is 0 Å². The van der Waals surface area contributed by atoms with Crippen molar-refractivity contribution < 1.29 is 0 Å². The molecule has 0 fully saturated rings. The van der Waals surface area contributed by atoms with Gasteiger partial charge in [0.1, 0.15) is 0 Å². The average Bonchev–Trinajstić information content (AvgIpc) is 2.55. The van der Waals surface area contributed by atoms with Crippen molar-refractivity contribution in [3.63, 3.8) is 0 Å². The molecule has 0 bridgehead atoms. The Hall–Kier alpha value is -2.81. The van der Waals surface area contributed by atoms with E-state index in [4.69, 9.17) is 0 Å². The van der Waals surface area contributed by atoms with Crippen molar-refractivity contribution >= 4 is 11.1 Å². The molecule has 0 amide bonds. The van der Waals surface area contributed by atoms with Crippen LogP contribution >= 0.6 is 0 Å². The molecule has 1 aromatic heterocycles. The summed E-state index contributed by atoms with van der Waals surface area (Å²) in [5.74, 6) is 1.97. The topological polar surface area (TPSA) is 38.7 Å². The molecule has 0 aliphatic heterocycles. The largest absolute Gasteiger partial charge is 0.209 e. The molecule has 0 unspecified atom stereocenters. The van der Waals surface area contributed by atoms with Crippen LogP contribution in [0.3, 0.4) is 0 Å². The molecule has 0 spiro atoms. The third kappa shape index (κ3) is 3.64. The molecule has 0 aliphatic carbocycles. The standard InChI is InChI=1S/C19H19N3/c1-5-10-14(3)17-20-18(15(4)11-6-2)22-19(21-17)16-12-8-7-9-13-16/h5-13H,1-2H2,3-4H3/b14-10+,15-11+. The number of hydrogen-bond donors (Lipinski definition) is 0. The Kier molecular flexibility index (Phi) is 5.15. The van der Waals surface area contributed by atoms with Gasteiger partial charge < -0.3 is 0 Å². The lowest BCUT2D eigenvalue weighted by Gasteiger charge is -2.08. The predicted molar refractivity (Wildman–Crippen MR) is 93.0 cm³/mol. The van der Waals surface area contributed by atoms with E-state index in [0.29, 0.717) is 17.5 Å². The van der Waals surface area contributed by atoms with Gasteiger partial charge in [-0.15, -0.1) is 0 Å². The van der Waals surface area contributed by atoms with E-state index in [1.165, 1.54) is 0 Å². The van der Waals surface area contributed by atoms with Crippen LogP contribution in [0.2, 0.25) is 0 Å². The first kappa shape index (κ1) is 15.6. The Labute approximate surface area is 131 Å². The molecule has 0 N–H and O–H groups in total. The highest BCUT2D eigenvalue weighted by atomic mass is 15.0. The average molecular weight is 289 g/mol. The molecule has 3 heteroatoms. The number of hydrogen-bond acceptors (Lipinski definition) is 3. The van der Waals surface area contributed by atoms with Gasteiger partial charge in [0, 0.05) is 5.56 Å². The molecule has 0 saturated carbocycles. The highest BCUT2D eigenvalue weighted by molar-refractivity contribution is 5.67. The molecule has 0 radical (unpaired) electrons. The normalized spacial score (nSPS) is 12.1. The highest BCUT2D eigenvalue weighted by Gasteiger charge is 2.10. The number of aromatic nitrogens is 3. The summed E-state index contributed by atoms with van der Waals surface area (Å²) in [7, 11) is 0. The molecule has 0 atom stereocenters. The quantitative estimate of drug-likeness (QED) is 0.748. The van der Waals surface area contributed by atoms with Gasteiger partial charge in [0.2, 0.25) is 0 Å². The minimum atomic E-state index is 0.653. The Morgan fingerprint density at radius 3 is 1.77 bits per heavy atom. The lowest BCUT2D eigenvalue weighted by molar-refractivity contribution is 0.994. The number of benzene rings is 1. The smallest absolute Gasteiger partial charge is 0.164 e. The van der Waals surface area contributed by atoms with E-state index < -0.39 is 0 Å². The fraction of sp³-hybridized carbons (Fsp3) is 0.105. The molecular weight excluding hydrogens is 270 g/mol. The number of nitrogens with zero attached hydrogens (tertiary/aromatic N) is 3.